The summed E-state index contributed by atoms with van der Waals surface area (Å²) in [6.45, 7) is 3.25. The van der Waals surface area contributed by atoms with Crippen LogP contribution in [0.4, 0.5) is 13.2 Å². The van der Waals surface area contributed by atoms with Crippen LogP contribution in [0.25, 0.3) is 0 Å². The zero-order valence-electron chi connectivity index (χ0n) is 8.89. The van der Waals surface area contributed by atoms with Gasteiger partial charge in [0, 0.05) is 13.1 Å². The Kier molecular flexibility index (Phi) is 4.35. The number of nitrogens with zero attached hydrogens (tertiary/aromatic N) is 1. The van der Waals surface area contributed by atoms with Gasteiger partial charge in [0.05, 0.1) is 5.92 Å². The summed E-state index contributed by atoms with van der Waals surface area (Å²) in [5.41, 5.74) is 0. The molecule has 1 atom stereocenters. The van der Waals surface area contributed by atoms with E-state index < -0.39 is 18.6 Å². The van der Waals surface area contributed by atoms with Gasteiger partial charge in [-0.05, 0) is 13.0 Å². The van der Waals surface area contributed by atoms with E-state index in [2.05, 4.69) is 11.9 Å². The molecule has 0 aromatic heterocycles. The standard InChI is InChI=1S/C10H15F3N2O/c1-2-5-15(7-10(11,12)13)9(16)8-3-4-14-6-8/h2,8,14H,1,3-7H2. The third-order valence-corrected chi connectivity index (χ3v) is 2.44. The fourth-order valence-corrected chi connectivity index (χ4v) is 1.73. The number of amides is 1. The van der Waals surface area contributed by atoms with Crippen LogP contribution in [-0.4, -0.2) is 43.2 Å². The van der Waals surface area contributed by atoms with E-state index in [0.29, 0.717) is 19.5 Å². The monoisotopic (exact) mass is 236 g/mol. The fraction of sp³-hybridized carbons (Fsp3) is 0.700. The molecule has 1 fully saturated rings. The Hall–Kier alpha value is -1.04. The molecule has 1 saturated heterocycles. The molecule has 1 heterocycles. The zero-order valence-corrected chi connectivity index (χ0v) is 8.89. The van der Waals surface area contributed by atoms with E-state index in [1.54, 1.807) is 0 Å². The van der Waals surface area contributed by atoms with Gasteiger partial charge in [-0.15, -0.1) is 6.58 Å². The minimum absolute atomic E-state index is 0.0607. The van der Waals surface area contributed by atoms with E-state index in [-0.39, 0.29) is 12.5 Å². The van der Waals surface area contributed by atoms with Gasteiger partial charge in [0.25, 0.3) is 0 Å². The lowest BCUT2D eigenvalue weighted by Gasteiger charge is -2.25. The average molecular weight is 236 g/mol. The van der Waals surface area contributed by atoms with Crippen LogP contribution >= 0.6 is 0 Å². The second-order valence-corrected chi connectivity index (χ2v) is 3.81. The summed E-state index contributed by atoms with van der Waals surface area (Å²) in [6.07, 6.45) is -2.44. The van der Waals surface area contributed by atoms with Gasteiger partial charge in [-0.1, -0.05) is 6.08 Å². The number of carbonyl (C=O) groups excluding carboxylic acids is 1. The second-order valence-electron chi connectivity index (χ2n) is 3.81. The van der Waals surface area contributed by atoms with Crippen molar-refractivity contribution >= 4 is 5.91 Å². The molecule has 1 aliphatic rings. The molecule has 1 rings (SSSR count). The van der Waals surface area contributed by atoms with Crippen molar-refractivity contribution in [2.24, 2.45) is 5.92 Å². The first-order valence-electron chi connectivity index (χ1n) is 5.11. The maximum Gasteiger partial charge on any atom is 0.406 e. The van der Waals surface area contributed by atoms with Crippen molar-refractivity contribution in [3.8, 4) is 0 Å². The summed E-state index contributed by atoms with van der Waals surface area (Å²) in [5, 5.41) is 2.96. The molecule has 6 heteroatoms. The Morgan fingerprint density at radius 3 is 2.69 bits per heavy atom. The van der Waals surface area contributed by atoms with Gasteiger partial charge in [-0.25, -0.2) is 0 Å². The van der Waals surface area contributed by atoms with Crippen molar-refractivity contribution in [1.29, 1.82) is 0 Å². The van der Waals surface area contributed by atoms with E-state index >= 15 is 0 Å². The zero-order chi connectivity index (χ0) is 12.2. The highest BCUT2D eigenvalue weighted by molar-refractivity contribution is 5.79. The Balaban J connectivity index is 2.60. The summed E-state index contributed by atoms with van der Waals surface area (Å²) in [7, 11) is 0. The van der Waals surface area contributed by atoms with Crippen LogP contribution in [0.3, 0.4) is 0 Å². The van der Waals surface area contributed by atoms with E-state index in [4.69, 9.17) is 0 Å². The van der Waals surface area contributed by atoms with Crippen molar-refractivity contribution < 1.29 is 18.0 Å². The maximum absolute atomic E-state index is 12.2. The van der Waals surface area contributed by atoms with Gasteiger partial charge in [0.1, 0.15) is 6.54 Å². The third-order valence-electron chi connectivity index (χ3n) is 2.44. The van der Waals surface area contributed by atoms with Crippen molar-refractivity contribution in [3.63, 3.8) is 0 Å². The van der Waals surface area contributed by atoms with Crippen LogP contribution in [0, 0.1) is 5.92 Å². The molecule has 92 valence electrons. The van der Waals surface area contributed by atoms with Crippen molar-refractivity contribution in [2.45, 2.75) is 12.6 Å². The smallest absolute Gasteiger partial charge is 0.330 e. The number of rotatable bonds is 4. The number of nitrogens with one attached hydrogen (secondary N) is 1. The number of carbonyl (C=O) groups is 1. The Morgan fingerprint density at radius 2 is 2.25 bits per heavy atom. The van der Waals surface area contributed by atoms with Crippen LogP contribution in [0.15, 0.2) is 12.7 Å². The van der Waals surface area contributed by atoms with Gasteiger partial charge < -0.3 is 10.2 Å². The van der Waals surface area contributed by atoms with E-state index in [0.717, 1.165) is 4.90 Å². The molecule has 0 aliphatic carbocycles. The van der Waals surface area contributed by atoms with Gasteiger partial charge in [0.15, 0.2) is 0 Å². The molecule has 0 saturated carbocycles. The molecule has 1 unspecified atom stereocenters. The van der Waals surface area contributed by atoms with Crippen molar-refractivity contribution in [3.05, 3.63) is 12.7 Å². The van der Waals surface area contributed by atoms with E-state index in [1.807, 2.05) is 0 Å². The first kappa shape index (κ1) is 13.0. The molecule has 1 amide bonds. The highest BCUT2D eigenvalue weighted by Crippen LogP contribution is 2.19. The van der Waals surface area contributed by atoms with Gasteiger partial charge in [0.2, 0.25) is 5.91 Å². The van der Waals surface area contributed by atoms with Gasteiger partial charge >= 0.3 is 6.18 Å². The van der Waals surface area contributed by atoms with Gasteiger partial charge in [-0.2, -0.15) is 13.2 Å². The lowest BCUT2D eigenvalue weighted by atomic mass is 10.1. The summed E-state index contributed by atoms with van der Waals surface area (Å²) in [6, 6.07) is 0. The minimum atomic E-state index is -4.36. The van der Waals surface area contributed by atoms with Crippen LogP contribution in [-0.2, 0) is 4.79 Å². The first-order valence-corrected chi connectivity index (χ1v) is 5.11. The topological polar surface area (TPSA) is 32.3 Å². The molecule has 1 aliphatic heterocycles. The lowest BCUT2D eigenvalue weighted by Crippen LogP contribution is -2.42. The summed E-state index contributed by atoms with van der Waals surface area (Å²) in [5.74, 6) is -0.774. The van der Waals surface area contributed by atoms with Crippen molar-refractivity contribution in [2.75, 3.05) is 26.2 Å². The van der Waals surface area contributed by atoms with Crippen LogP contribution < -0.4 is 5.32 Å². The fourth-order valence-electron chi connectivity index (χ4n) is 1.73. The average Bonchev–Trinajstić information content (AvgIpc) is 2.66. The number of alkyl halides is 3. The normalized spacial score (nSPS) is 20.8. The number of hydrogen-bond donors (Lipinski definition) is 1. The van der Waals surface area contributed by atoms with Crippen molar-refractivity contribution in [1.82, 2.24) is 10.2 Å². The molecular weight excluding hydrogens is 221 g/mol. The molecule has 1 N–H and O–H groups in total. The van der Waals surface area contributed by atoms with Gasteiger partial charge in [-0.3, -0.25) is 4.79 Å². The largest absolute Gasteiger partial charge is 0.406 e. The molecule has 0 radical (unpaired) electrons. The Morgan fingerprint density at radius 1 is 1.56 bits per heavy atom. The highest BCUT2D eigenvalue weighted by atomic mass is 19.4. The first-order chi connectivity index (χ1) is 7.44. The molecular formula is C10H15F3N2O. The Bertz CT molecular complexity index is 259. The maximum atomic E-state index is 12.2. The predicted molar refractivity (Wildman–Crippen MR) is 53.8 cm³/mol. The quantitative estimate of drug-likeness (QED) is 0.743. The minimum Gasteiger partial charge on any atom is -0.330 e. The Labute approximate surface area is 92.3 Å². The third kappa shape index (κ3) is 3.84. The van der Waals surface area contributed by atoms with Crippen LogP contribution in [0.2, 0.25) is 0 Å². The number of halogens is 3. The summed E-state index contributed by atoms with van der Waals surface area (Å²) < 4.78 is 36.7. The summed E-state index contributed by atoms with van der Waals surface area (Å²) >= 11 is 0. The SMILES string of the molecule is C=CCN(CC(F)(F)F)C(=O)C1CCNC1. The molecule has 16 heavy (non-hydrogen) atoms. The highest BCUT2D eigenvalue weighted by Gasteiger charge is 2.35. The van der Waals surface area contributed by atoms with Crippen LogP contribution in [0.1, 0.15) is 6.42 Å². The molecule has 0 aromatic rings. The number of hydrogen-bond acceptors (Lipinski definition) is 2. The molecule has 0 bridgehead atoms. The molecule has 0 spiro atoms. The second kappa shape index (κ2) is 5.34. The molecule has 3 nitrogen and oxygen atoms in total. The summed E-state index contributed by atoms with van der Waals surface area (Å²) in [4.78, 5) is 12.6. The predicted octanol–water partition coefficient (Wildman–Crippen LogP) is 1.17. The van der Waals surface area contributed by atoms with E-state index in [1.165, 1.54) is 6.08 Å². The lowest BCUT2D eigenvalue weighted by molar-refractivity contribution is -0.162. The van der Waals surface area contributed by atoms with E-state index in [9.17, 15) is 18.0 Å². The van der Waals surface area contributed by atoms with Crippen LogP contribution in [0.5, 0.6) is 0 Å². The molecule has 0 aromatic carbocycles.